The van der Waals surface area contributed by atoms with Gasteiger partial charge in [-0.2, -0.15) is 0 Å². The second-order valence-electron chi connectivity index (χ2n) is 8.57. The fourth-order valence-corrected chi connectivity index (χ4v) is 4.78. The predicted octanol–water partition coefficient (Wildman–Crippen LogP) is 5.37. The minimum absolute atomic E-state index is 0.00441. The number of amides is 2. The zero-order chi connectivity index (χ0) is 26.4. The first kappa shape index (κ1) is 24.5. The number of nitrogen functional groups attached to an aromatic ring is 1. The average molecular weight is 516 g/mol. The molecule has 12 heteroatoms. The molecule has 1 atom stereocenters. The minimum Gasteiger partial charge on any atom is -0.383 e. The number of aromatic nitrogens is 3. The Bertz CT molecular complexity index is 1510. The van der Waals surface area contributed by atoms with Crippen molar-refractivity contribution in [2.45, 2.75) is 25.9 Å². The Kier molecular flexibility index (Phi) is 6.18. The molecule has 37 heavy (non-hydrogen) atoms. The molecule has 2 N–H and O–H groups in total. The number of likely N-dealkylation sites (N-methyl/N-ethyl adjacent to an activating group) is 1. The van der Waals surface area contributed by atoms with Crippen molar-refractivity contribution in [3.8, 4) is 11.1 Å². The molecule has 0 radical (unpaired) electrons. The maximum atomic E-state index is 15.5. The molecule has 3 heterocycles. The lowest BCUT2D eigenvalue weighted by Crippen LogP contribution is -2.32. The van der Waals surface area contributed by atoms with E-state index in [-0.39, 0.29) is 52.3 Å². The molecule has 0 spiro atoms. The molecule has 1 aliphatic heterocycles. The third-order valence-electron chi connectivity index (χ3n) is 6.44. The number of alkyl halides is 2. The van der Waals surface area contributed by atoms with E-state index in [1.807, 2.05) is 0 Å². The predicted molar refractivity (Wildman–Crippen MR) is 128 cm³/mol. The van der Waals surface area contributed by atoms with E-state index in [0.29, 0.717) is 0 Å². The van der Waals surface area contributed by atoms with E-state index in [0.717, 1.165) is 30.6 Å². The van der Waals surface area contributed by atoms with Crippen molar-refractivity contribution >= 4 is 28.6 Å². The van der Waals surface area contributed by atoms with Crippen molar-refractivity contribution in [1.82, 2.24) is 19.4 Å². The van der Waals surface area contributed by atoms with E-state index >= 15 is 4.39 Å². The number of carbonyl (C=O) groups excluding carboxylic acids is 1. The Balaban J connectivity index is 1.53. The Morgan fingerprint density at radius 1 is 1.05 bits per heavy atom. The van der Waals surface area contributed by atoms with Gasteiger partial charge in [0.25, 0.3) is 6.43 Å². The second kappa shape index (κ2) is 9.34. The van der Waals surface area contributed by atoms with Crippen LogP contribution in [0.15, 0.2) is 48.9 Å². The molecule has 1 fully saturated rings. The van der Waals surface area contributed by atoms with Gasteiger partial charge in [0.15, 0.2) is 0 Å². The summed E-state index contributed by atoms with van der Waals surface area (Å²) >= 11 is 0. The molecule has 1 saturated heterocycles. The molecule has 2 aromatic heterocycles. The molecule has 4 aromatic rings. The molecule has 0 saturated carbocycles. The van der Waals surface area contributed by atoms with Crippen molar-refractivity contribution in [1.29, 1.82) is 0 Å². The number of fused-ring (bicyclic) bond motifs is 1. The molecule has 1 unspecified atom stereocenters. The molecule has 7 nitrogen and oxygen atoms in total. The highest BCUT2D eigenvalue weighted by Crippen LogP contribution is 2.38. The Hall–Kier alpha value is -4.22. The molecule has 0 bridgehead atoms. The van der Waals surface area contributed by atoms with Gasteiger partial charge in [-0.3, -0.25) is 4.90 Å². The van der Waals surface area contributed by atoms with Crippen molar-refractivity contribution < 1.29 is 26.7 Å². The number of urea groups is 1. The average Bonchev–Trinajstić information content (AvgIpc) is 3.38. The minimum atomic E-state index is -2.68. The first-order chi connectivity index (χ1) is 17.7. The number of hydrogen-bond donors (Lipinski definition) is 1. The summed E-state index contributed by atoms with van der Waals surface area (Å²) in [6.45, 7) is 1.23. The van der Waals surface area contributed by atoms with Crippen molar-refractivity contribution in [3.63, 3.8) is 0 Å². The van der Waals surface area contributed by atoms with Crippen LogP contribution in [0, 0.1) is 17.5 Å². The van der Waals surface area contributed by atoms with Gasteiger partial charge in [0.1, 0.15) is 35.2 Å². The summed E-state index contributed by atoms with van der Waals surface area (Å²) in [6.07, 6.45) is -0.202. The standard InChI is InChI=1S/C25H21F5N6O/c1-2-35-20(16-7-13(26)3-6-18(16)27)10-36(25(35)37)14-4-5-15(19(28)8-14)17-9-34(11-21(29)30)24-22(17)23(31)32-12-33-24/h3-9,12,20-21H,2,10-11H2,1H3,(H2,31,32,33). The third-order valence-corrected chi connectivity index (χ3v) is 6.44. The quantitative estimate of drug-likeness (QED) is 0.350. The number of hydrogen-bond acceptors (Lipinski definition) is 4. The highest BCUT2D eigenvalue weighted by Gasteiger charge is 2.39. The van der Waals surface area contributed by atoms with Gasteiger partial charge in [-0.15, -0.1) is 0 Å². The Morgan fingerprint density at radius 2 is 1.84 bits per heavy atom. The topological polar surface area (TPSA) is 80.3 Å². The van der Waals surface area contributed by atoms with E-state index in [2.05, 4.69) is 9.97 Å². The van der Waals surface area contributed by atoms with Crippen molar-refractivity contribution in [3.05, 3.63) is 71.9 Å². The van der Waals surface area contributed by atoms with Crippen LogP contribution in [0.2, 0.25) is 0 Å². The Morgan fingerprint density at radius 3 is 2.54 bits per heavy atom. The highest BCUT2D eigenvalue weighted by molar-refractivity contribution is 6.01. The molecular formula is C25H21F5N6O. The van der Waals surface area contributed by atoms with Gasteiger partial charge >= 0.3 is 6.03 Å². The SMILES string of the molecule is CCN1C(=O)N(c2ccc(-c3cn(CC(F)F)c4ncnc(N)c34)c(F)c2)CC1c1cc(F)ccc1F. The number of nitrogens with two attached hydrogens (primary N) is 1. The molecule has 2 amide bonds. The van der Waals surface area contributed by atoms with E-state index in [4.69, 9.17) is 5.73 Å². The van der Waals surface area contributed by atoms with Crippen molar-refractivity contribution in [2.24, 2.45) is 0 Å². The summed E-state index contributed by atoms with van der Waals surface area (Å²) in [7, 11) is 0. The summed E-state index contributed by atoms with van der Waals surface area (Å²) in [5.41, 5.74) is 6.61. The summed E-state index contributed by atoms with van der Waals surface area (Å²) in [4.78, 5) is 23.7. The van der Waals surface area contributed by atoms with Gasteiger partial charge in [-0.1, -0.05) is 0 Å². The monoisotopic (exact) mass is 516 g/mol. The van der Waals surface area contributed by atoms with Crippen LogP contribution in [0.3, 0.4) is 0 Å². The van der Waals surface area contributed by atoms with Crippen LogP contribution in [-0.2, 0) is 6.54 Å². The number of carbonyl (C=O) groups is 1. The van der Waals surface area contributed by atoms with Crippen LogP contribution >= 0.6 is 0 Å². The van der Waals surface area contributed by atoms with E-state index in [9.17, 15) is 22.4 Å². The number of nitrogens with zero attached hydrogens (tertiary/aromatic N) is 5. The lowest BCUT2D eigenvalue weighted by atomic mass is 10.0. The van der Waals surface area contributed by atoms with Gasteiger partial charge in [0, 0.05) is 35.1 Å². The smallest absolute Gasteiger partial charge is 0.325 e. The first-order valence-corrected chi connectivity index (χ1v) is 11.4. The number of rotatable bonds is 6. The van der Waals surface area contributed by atoms with E-state index in [1.165, 1.54) is 32.7 Å². The Labute approximate surface area is 207 Å². The van der Waals surface area contributed by atoms with Crippen LogP contribution in [-0.4, -0.2) is 45.0 Å². The first-order valence-electron chi connectivity index (χ1n) is 11.4. The van der Waals surface area contributed by atoms with Crippen LogP contribution in [0.25, 0.3) is 22.2 Å². The van der Waals surface area contributed by atoms with Gasteiger partial charge in [0.05, 0.1) is 24.5 Å². The van der Waals surface area contributed by atoms with Gasteiger partial charge in [-0.25, -0.2) is 36.7 Å². The maximum absolute atomic E-state index is 15.5. The summed E-state index contributed by atoms with van der Waals surface area (Å²) < 4.78 is 71.2. The summed E-state index contributed by atoms with van der Waals surface area (Å²) in [5.74, 6) is -2.03. The van der Waals surface area contributed by atoms with Gasteiger partial charge in [0.2, 0.25) is 0 Å². The van der Waals surface area contributed by atoms with Crippen molar-refractivity contribution in [2.75, 3.05) is 23.7 Å². The summed E-state index contributed by atoms with van der Waals surface area (Å²) in [5, 5.41) is 0.228. The fourth-order valence-electron chi connectivity index (χ4n) is 4.78. The van der Waals surface area contributed by atoms with Crippen LogP contribution in [0.4, 0.5) is 38.3 Å². The van der Waals surface area contributed by atoms with E-state index < -0.39 is 42.5 Å². The van der Waals surface area contributed by atoms with Gasteiger partial charge in [-0.05, 0) is 43.3 Å². The third kappa shape index (κ3) is 4.21. The van der Waals surface area contributed by atoms with Crippen LogP contribution in [0.1, 0.15) is 18.5 Å². The molecular weight excluding hydrogens is 495 g/mol. The van der Waals surface area contributed by atoms with E-state index in [1.54, 1.807) is 6.92 Å². The molecule has 1 aliphatic rings. The van der Waals surface area contributed by atoms with Crippen LogP contribution in [0.5, 0.6) is 0 Å². The van der Waals surface area contributed by atoms with Crippen LogP contribution < -0.4 is 10.6 Å². The molecule has 2 aromatic carbocycles. The number of benzene rings is 2. The fraction of sp³-hybridized carbons (Fsp3) is 0.240. The normalized spacial score (nSPS) is 16.0. The molecule has 192 valence electrons. The largest absolute Gasteiger partial charge is 0.383 e. The lowest BCUT2D eigenvalue weighted by molar-refractivity contribution is 0.128. The maximum Gasteiger partial charge on any atom is 0.325 e. The van der Waals surface area contributed by atoms with Gasteiger partial charge < -0.3 is 15.2 Å². The molecule has 5 rings (SSSR count). The zero-order valence-electron chi connectivity index (χ0n) is 19.5. The number of anilines is 2. The summed E-state index contributed by atoms with van der Waals surface area (Å²) in [6, 6.07) is 5.79. The molecule has 0 aliphatic carbocycles. The number of halogens is 5. The lowest BCUT2D eigenvalue weighted by Gasteiger charge is -2.22. The second-order valence-corrected chi connectivity index (χ2v) is 8.57. The zero-order valence-corrected chi connectivity index (χ0v) is 19.5. The highest BCUT2D eigenvalue weighted by atomic mass is 19.3.